The van der Waals surface area contributed by atoms with Crippen LogP contribution in [0.2, 0.25) is 0 Å². The molecule has 1 saturated carbocycles. The van der Waals surface area contributed by atoms with Gasteiger partial charge in [-0.2, -0.15) is 4.98 Å². The zero-order valence-electron chi connectivity index (χ0n) is 18.1. The lowest BCUT2D eigenvalue weighted by Crippen LogP contribution is -2.23. The average molecular weight is 507 g/mol. The van der Waals surface area contributed by atoms with Crippen molar-refractivity contribution in [1.29, 1.82) is 0 Å². The van der Waals surface area contributed by atoms with Crippen LogP contribution in [0.3, 0.4) is 0 Å². The molecule has 1 fully saturated rings. The van der Waals surface area contributed by atoms with Gasteiger partial charge in [-0.05, 0) is 61.6 Å². The van der Waals surface area contributed by atoms with Crippen molar-refractivity contribution in [1.82, 2.24) is 14.7 Å². The number of aryl methyl sites for hydroxylation is 1. The minimum Gasteiger partial charge on any atom is -0.338 e. The lowest BCUT2D eigenvalue weighted by Gasteiger charge is -2.14. The van der Waals surface area contributed by atoms with Crippen molar-refractivity contribution in [2.45, 2.75) is 37.1 Å². The van der Waals surface area contributed by atoms with Gasteiger partial charge in [0.05, 0.1) is 11.1 Å². The van der Waals surface area contributed by atoms with Crippen LogP contribution in [0.25, 0.3) is 0 Å². The molecule has 0 unspecified atom stereocenters. The molecule has 180 valence electrons. The van der Waals surface area contributed by atoms with E-state index in [1.807, 2.05) is 0 Å². The highest BCUT2D eigenvalue weighted by molar-refractivity contribution is 7.92. The number of nitrogens with two attached hydrogens (primary N) is 1. The first kappa shape index (κ1) is 24.0. The second-order valence-electron chi connectivity index (χ2n) is 8.00. The molecular formula is C21H23FN6O4S2. The summed E-state index contributed by atoms with van der Waals surface area (Å²) in [5, 5.41) is 12.1. The number of nitrogens with zero attached hydrogens (tertiary/aromatic N) is 2. The third kappa shape index (κ3) is 6.26. The lowest BCUT2D eigenvalue weighted by atomic mass is 10.1. The van der Waals surface area contributed by atoms with Gasteiger partial charge in [0.1, 0.15) is 0 Å². The highest BCUT2D eigenvalue weighted by Crippen LogP contribution is 2.25. The van der Waals surface area contributed by atoms with E-state index in [1.165, 1.54) is 11.5 Å². The monoisotopic (exact) mass is 506 g/mol. The fourth-order valence-electron chi connectivity index (χ4n) is 3.22. The Labute approximate surface area is 197 Å². The molecule has 0 aliphatic heterocycles. The largest absolute Gasteiger partial charge is 0.338 e. The normalized spacial score (nSPS) is 17.5. The summed E-state index contributed by atoms with van der Waals surface area (Å²) in [6.45, 7) is 1.61. The van der Waals surface area contributed by atoms with Crippen molar-refractivity contribution in [3.63, 3.8) is 0 Å². The number of sulfonamides is 2. The maximum atomic E-state index is 14.4. The van der Waals surface area contributed by atoms with E-state index in [0.29, 0.717) is 28.9 Å². The van der Waals surface area contributed by atoms with E-state index in [0.717, 1.165) is 19.0 Å². The van der Waals surface area contributed by atoms with Crippen LogP contribution in [-0.4, -0.2) is 32.8 Å². The Morgan fingerprint density at radius 3 is 2.65 bits per heavy atom. The molecule has 4 rings (SSSR count). The van der Waals surface area contributed by atoms with Crippen LogP contribution in [0.1, 0.15) is 24.8 Å². The van der Waals surface area contributed by atoms with E-state index in [-0.39, 0.29) is 22.7 Å². The van der Waals surface area contributed by atoms with Crippen molar-refractivity contribution in [2.75, 3.05) is 10.6 Å². The van der Waals surface area contributed by atoms with Crippen molar-refractivity contribution >= 4 is 37.5 Å². The van der Waals surface area contributed by atoms with Crippen LogP contribution in [0.4, 0.5) is 21.8 Å². The number of hydrogen-bond donors (Lipinski definition) is 4. The summed E-state index contributed by atoms with van der Waals surface area (Å²) in [5.41, 5.74) is 1.79. The molecule has 1 aromatic heterocycles. The first-order chi connectivity index (χ1) is 16.0. The summed E-state index contributed by atoms with van der Waals surface area (Å²) >= 11 is 0. The molecule has 0 saturated heterocycles. The molecule has 2 aliphatic carbocycles. The standard InChI is InChI=1S/C21H23FN6O4S2/c1-13-5-6-17(10-19(13)34(23,31)32)26-21-24-11-18(22)20(27-21)25-16-4-2-3-14(9-16)12-33(29,30)28-15-7-8-15/h2,4-6,9-12,15,28H,3,7-8H2,1H3,(H2,23,31,32)(H2,24,25,26,27). The van der Waals surface area contributed by atoms with Crippen molar-refractivity contribution < 1.29 is 21.2 Å². The molecule has 0 radical (unpaired) electrons. The SMILES string of the molecule is Cc1ccc(Nc2ncc(F)c(NC3=CC(=CS(=O)(=O)NC4CC4)CC=C3)n2)cc1S(N)(=O)=O. The number of benzene rings is 1. The summed E-state index contributed by atoms with van der Waals surface area (Å²) in [4.78, 5) is 7.94. The molecule has 1 heterocycles. The van der Waals surface area contributed by atoms with Crippen molar-refractivity contribution in [3.05, 3.63) is 70.7 Å². The van der Waals surface area contributed by atoms with Crippen LogP contribution >= 0.6 is 0 Å². The Morgan fingerprint density at radius 2 is 1.94 bits per heavy atom. The molecule has 2 aliphatic rings. The quantitative estimate of drug-likeness (QED) is 0.426. The van der Waals surface area contributed by atoms with E-state index in [2.05, 4.69) is 25.3 Å². The molecule has 0 bridgehead atoms. The second kappa shape index (κ2) is 9.25. The van der Waals surface area contributed by atoms with E-state index < -0.39 is 25.9 Å². The van der Waals surface area contributed by atoms with Crippen molar-refractivity contribution in [3.8, 4) is 0 Å². The smallest absolute Gasteiger partial charge is 0.238 e. The molecule has 34 heavy (non-hydrogen) atoms. The molecular weight excluding hydrogens is 483 g/mol. The van der Waals surface area contributed by atoms with Gasteiger partial charge < -0.3 is 10.6 Å². The molecule has 0 atom stereocenters. The number of hydrogen-bond acceptors (Lipinski definition) is 8. The van der Waals surface area contributed by atoms with E-state index in [1.54, 1.807) is 37.3 Å². The minimum atomic E-state index is -3.92. The molecule has 5 N–H and O–H groups in total. The number of rotatable bonds is 8. The average Bonchev–Trinajstić information content (AvgIpc) is 3.54. The van der Waals surface area contributed by atoms with Gasteiger partial charge in [0.15, 0.2) is 11.6 Å². The van der Waals surface area contributed by atoms with E-state index in [4.69, 9.17) is 5.14 Å². The van der Waals surface area contributed by atoms with E-state index in [9.17, 15) is 21.2 Å². The number of anilines is 3. The van der Waals surface area contributed by atoms with Gasteiger partial charge in [0, 0.05) is 22.8 Å². The molecule has 2 aromatic rings. The number of primary sulfonamides is 1. The van der Waals surface area contributed by atoms with Gasteiger partial charge in [0.2, 0.25) is 26.0 Å². The molecule has 0 spiro atoms. The van der Waals surface area contributed by atoms with Crippen LogP contribution < -0.4 is 20.5 Å². The highest BCUT2D eigenvalue weighted by atomic mass is 32.2. The van der Waals surface area contributed by atoms with Gasteiger partial charge in [-0.15, -0.1) is 0 Å². The number of nitrogens with one attached hydrogen (secondary N) is 3. The predicted octanol–water partition coefficient (Wildman–Crippen LogP) is 2.54. The summed E-state index contributed by atoms with van der Waals surface area (Å²) in [7, 11) is -7.49. The fraction of sp³-hybridized carbons (Fsp3) is 0.238. The van der Waals surface area contributed by atoms with Gasteiger partial charge in [-0.3, -0.25) is 0 Å². The lowest BCUT2D eigenvalue weighted by molar-refractivity contribution is 0.589. The number of aromatic nitrogens is 2. The predicted molar refractivity (Wildman–Crippen MR) is 126 cm³/mol. The van der Waals surface area contributed by atoms with Crippen LogP contribution in [0, 0.1) is 12.7 Å². The summed E-state index contributed by atoms with van der Waals surface area (Å²) < 4.78 is 64.8. The molecule has 13 heteroatoms. The van der Waals surface area contributed by atoms with Crippen LogP contribution in [0.15, 0.2) is 64.2 Å². The highest BCUT2D eigenvalue weighted by Gasteiger charge is 2.26. The van der Waals surface area contributed by atoms with Crippen LogP contribution in [-0.2, 0) is 20.0 Å². The van der Waals surface area contributed by atoms with Gasteiger partial charge in [0.25, 0.3) is 0 Å². The van der Waals surface area contributed by atoms with Gasteiger partial charge in [-0.1, -0.05) is 12.1 Å². The Hall–Kier alpha value is -3.13. The second-order valence-corrected chi connectivity index (χ2v) is 11.1. The van der Waals surface area contributed by atoms with Gasteiger partial charge >= 0.3 is 0 Å². The fourth-order valence-corrected chi connectivity index (χ4v) is 5.36. The molecule has 0 amide bonds. The van der Waals surface area contributed by atoms with Crippen LogP contribution in [0.5, 0.6) is 0 Å². The zero-order valence-corrected chi connectivity index (χ0v) is 19.7. The summed E-state index contributed by atoms with van der Waals surface area (Å²) in [6.07, 6.45) is 8.07. The Balaban J connectivity index is 1.53. The maximum Gasteiger partial charge on any atom is 0.238 e. The number of halogens is 1. The van der Waals surface area contributed by atoms with Gasteiger partial charge in [-0.25, -0.2) is 36.1 Å². The first-order valence-electron chi connectivity index (χ1n) is 10.3. The third-order valence-electron chi connectivity index (χ3n) is 4.96. The minimum absolute atomic E-state index is 0.00170. The Kier molecular flexibility index (Phi) is 6.53. The summed E-state index contributed by atoms with van der Waals surface area (Å²) in [5.74, 6) is -0.860. The molecule has 1 aromatic carbocycles. The number of allylic oxidation sites excluding steroid dienone is 4. The maximum absolute atomic E-state index is 14.4. The Bertz CT molecular complexity index is 1430. The van der Waals surface area contributed by atoms with E-state index >= 15 is 0 Å². The Morgan fingerprint density at radius 1 is 1.18 bits per heavy atom. The first-order valence-corrected chi connectivity index (χ1v) is 13.4. The topological polar surface area (TPSA) is 156 Å². The summed E-state index contributed by atoms with van der Waals surface area (Å²) in [6, 6.07) is 4.52. The molecule has 10 nitrogen and oxygen atoms in total. The zero-order chi connectivity index (χ0) is 24.5. The van der Waals surface area contributed by atoms with Crippen molar-refractivity contribution in [2.24, 2.45) is 5.14 Å². The third-order valence-corrected chi connectivity index (χ3v) is 7.29.